The summed E-state index contributed by atoms with van der Waals surface area (Å²) in [6.07, 6.45) is 2.74. The molecule has 0 bridgehead atoms. The lowest BCUT2D eigenvalue weighted by Crippen LogP contribution is -2.49. The summed E-state index contributed by atoms with van der Waals surface area (Å²) in [5.74, 6) is -2.18. The molecule has 0 amide bonds. The van der Waals surface area contributed by atoms with Crippen molar-refractivity contribution in [1.82, 2.24) is 0 Å². The Hall–Kier alpha value is -1.36. The van der Waals surface area contributed by atoms with Gasteiger partial charge in [-0.3, -0.25) is 4.79 Å². The van der Waals surface area contributed by atoms with Crippen molar-refractivity contribution in [2.45, 2.75) is 59.2 Å². The fourth-order valence-electron chi connectivity index (χ4n) is 3.32. The zero-order valence-electron chi connectivity index (χ0n) is 13.4. The van der Waals surface area contributed by atoms with E-state index in [2.05, 4.69) is 0 Å². The minimum atomic E-state index is -1.91. The number of carboxylic acid groups (broad SMARTS) is 1. The van der Waals surface area contributed by atoms with Gasteiger partial charge in [0.1, 0.15) is 6.10 Å². The van der Waals surface area contributed by atoms with Crippen LogP contribution >= 0.6 is 0 Å². The van der Waals surface area contributed by atoms with Gasteiger partial charge in [0.15, 0.2) is 5.60 Å². The molecule has 1 fully saturated rings. The second-order valence-electron chi connectivity index (χ2n) is 6.52. The molecule has 0 aromatic rings. The number of rotatable bonds is 5. The molecule has 5 atom stereocenters. The number of hydrogen-bond acceptors (Lipinski definition) is 4. The van der Waals surface area contributed by atoms with Crippen molar-refractivity contribution in [2.75, 3.05) is 0 Å². The smallest absolute Gasteiger partial charge is 0.335 e. The third-order valence-electron chi connectivity index (χ3n) is 4.39. The number of esters is 1. The molecule has 21 heavy (non-hydrogen) atoms. The summed E-state index contributed by atoms with van der Waals surface area (Å²) in [5.41, 5.74) is -0.766. The Kier molecular flexibility index (Phi) is 5.56. The number of hydrogen-bond donors (Lipinski definition) is 2. The van der Waals surface area contributed by atoms with Crippen molar-refractivity contribution in [3.05, 3.63) is 11.6 Å². The first-order chi connectivity index (χ1) is 9.57. The molecule has 1 aliphatic rings. The predicted octanol–water partition coefficient (Wildman–Crippen LogP) is 2.38. The Labute approximate surface area is 126 Å². The minimum absolute atomic E-state index is 0.0321. The first-order valence-corrected chi connectivity index (χ1v) is 7.33. The van der Waals surface area contributed by atoms with E-state index in [1.165, 1.54) is 13.8 Å². The Morgan fingerprint density at radius 1 is 1.33 bits per heavy atom. The fourth-order valence-corrected chi connectivity index (χ4v) is 3.32. The zero-order valence-corrected chi connectivity index (χ0v) is 13.4. The van der Waals surface area contributed by atoms with E-state index in [9.17, 15) is 19.8 Å². The number of carbonyl (C=O) groups is 2. The summed E-state index contributed by atoms with van der Waals surface area (Å²) in [4.78, 5) is 22.7. The van der Waals surface area contributed by atoms with Gasteiger partial charge in [-0.05, 0) is 45.4 Å². The summed E-state index contributed by atoms with van der Waals surface area (Å²) in [5, 5.41) is 19.7. The van der Waals surface area contributed by atoms with Gasteiger partial charge in [0, 0.05) is 12.8 Å². The lowest BCUT2D eigenvalue weighted by molar-refractivity contribution is -0.175. The van der Waals surface area contributed by atoms with E-state index in [0.29, 0.717) is 12.8 Å². The van der Waals surface area contributed by atoms with Crippen molar-refractivity contribution in [3.8, 4) is 0 Å². The monoisotopic (exact) mass is 298 g/mol. The highest BCUT2D eigenvalue weighted by Crippen LogP contribution is 2.46. The summed E-state index contributed by atoms with van der Waals surface area (Å²) in [6, 6.07) is 0. The van der Waals surface area contributed by atoms with Crippen LogP contribution in [0.5, 0.6) is 0 Å². The molecule has 0 radical (unpaired) electrons. The van der Waals surface area contributed by atoms with E-state index in [0.717, 1.165) is 5.57 Å². The molecule has 1 aliphatic carbocycles. The van der Waals surface area contributed by atoms with Crippen molar-refractivity contribution < 1.29 is 24.5 Å². The average Bonchev–Trinajstić information content (AvgIpc) is 2.61. The number of aliphatic hydroxyl groups is 1. The second-order valence-corrected chi connectivity index (χ2v) is 6.52. The van der Waals surface area contributed by atoms with Crippen LogP contribution in [0.4, 0.5) is 0 Å². The maximum atomic E-state index is 11.4. The third-order valence-corrected chi connectivity index (χ3v) is 4.39. The molecule has 0 aliphatic heterocycles. The van der Waals surface area contributed by atoms with Crippen LogP contribution in [-0.4, -0.2) is 33.9 Å². The van der Waals surface area contributed by atoms with Crippen molar-refractivity contribution in [3.63, 3.8) is 0 Å². The minimum Gasteiger partial charge on any atom is -0.479 e. The lowest BCUT2D eigenvalue weighted by atomic mass is 9.76. The van der Waals surface area contributed by atoms with E-state index in [1.807, 2.05) is 26.8 Å². The van der Waals surface area contributed by atoms with E-state index >= 15 is 0 Å². The van der Waals surface area contributed by atoms with Gasteiger partial charge in [-0.1, -0.05) is 18.6 Å². The van der Waals surface area contributed by atoms with Gasteiger partial charge in [0.2, 0.25) is 0 Å². The van der Waals surface area contributed by atoms with Gasteiger partial charge in [-0.15, -0.1) is 0 Å². The summed E-state index contributed by atoms with van der Waals surface area (Å²) < 4.78 is 5.28. The molecular weight excluding hydrogens is 272 g/mol. The van der Waals surface area contributed by atoms with Gasteiger partial charge >= 0.3 is 11.9 Å². The molecule has 0 aromatic heterocycles. The maximum absolute atomic E-state index is 11.4. The molecule has 1 saturated carbocycles. The topological polar surface area (TPSA) is 83.8 Å². The molecule has 1 unspecified atom stereocenters. The number of carboxylic acids is 1. The van der Waals surface area contributed by atoms with E-state index in [4.69, 9.17) is 4.74 Å². The van der Waals surface area contributed by atoms with Crippen molar-refractivity contribution in [1.29, 1.82) is 0 Å². The van der Waals surface area contributed by atoms with Gasteiger partial charge in [0.05, 0.1) is 0 Å². The van der Waals surface area contributed by atoms with Crippen LogP contribution in [0, 0.1) is 17.8 Å². The van der Waals surface area contributed by atoms with Gasteiger partial charge < -0.3 is 14.9 Å². The molecule has 120 valence electrons. The predicted molar refractivity (Wildman–Crippen MR) is 78.6 cm³/mol. The van der Waals surface area contributed by atoms with E-state index < -0.39 is 29.6 Å². The molecule has 0 spiro atoms. The molecule has 1 rings (SSSR count). The van der Waals surface area contributed by atoms with Crippen LogP contribution in [0.2, 0.25) is 0 Å². The third kappa shape index (κ3) is 4.06. The highest BCUT2D eigenvalue weighted by Gasteiger charge is 2.54. The first-order valence-electron chi connectivity index (χ1n) is 7.33. The Morgan fingerprint density at radius 3 is 2.33 bits per heavy atom. The second kappa shape index (κ2) is 6.60. The Morgan fingerprint density at radius 2 is 1.90 bits per heavy atom. The van der Waals surface area contributed by atoms with Crippen LogP contribution in [-0.2, 0) is 14.3 Å². The maximum Gasteiger partial charge on any atom is 0.335 e. The van der Waals surface area contributed by atoms with Gasteiger partial charge in [0.25, 0.3) is 0 Å². The Bertz CT molecular complexity index is 434. The number of carbonyl (C=O) groups excluding carboxylic acids is 1. The fraction of sp³-hybridized carbons (Fsp3) is 0.750. The summed E-state index contributed by atoms with van der Waals surface area (Å²) >= 11 is 0. The molecule has 0 aromatic carbocycles. The summed E-state index contributed by atoms with van der Waals surface area (Å²) in [6.45, 7) is 8.57. The van der Waals surface area contributed by atoms with Crippen LogP contribution in [0.1, 0.15) is 47.5 Å². The molecule has 0 heterocycles. The largest absolute Gasteiger partial charge is 0.479 e. The number of allylic oxidation sites excluding steroid dienone is 2. The quantitative estimate of drug-likeness (QED) is 0.601. The zero-order chi connectivity index (χ0) is 16.4. The summed E-state index contributed by atoms with van der Waals surface area (Å²) in [7, 11) is 0. The molecule has 5 nitrogen and oxygen atoms in total. The van der Waals surface area contributed by atoms with Crippen LogP contribution in [0.25, 0.3) is 0 Å². The molecule has 5 heteroatoms. The first kappa shape index (κ1) is 17.7. The van der Waals surface area contributed by atoms with E-state index in [-0.39, 0.29) is 11.8 Å². The number of ether oxygens (including phenoxy) is 1. The highest BCUT2D eigenvalue weighted by molar-refractivity contribution is 5.77. The highest BCUT2D eigenvalue weighted by atomic mass is 16.5. The standard InChI is InChI=1S/C16H26O5/c1-9(2)6-7-12-10(3)8-13(21-11(4)17)14(12)16(5,20)15(18)19/h6,10,12-14,20H,7-8H2,1-5H3,(H,18,19)/t10-,12-,13-,14+,16?/m1/s1. The number of aliphatic carboxylic acids is 1. The molecule has 0 saturated heterocycles. The van der Waals surface area contributed by atoms with Gasteiger partial charge in [-0.2, -0.15) is 0 Å². The molecule has 2 N–H and O–H groups in total. The average molecular weight is 298 g/mol. The van der Waals surface area contributed by atoms with Crippen molar-refractivity contribution in [2.24, 2.45) is 17.8 Å². The van der Waals surface area contributed by atoms with Crippen LogP contribution in [0.3, 0.4) is 0 Å². The Balaban J connectivity index is 3.11. The van der Waals surface area contributed by atoms with E-state index in [1.54, 1.807) is 0 Å². The van der Waals surface area contributed by atoms with Crippen LogP contribution in [0.15, 0.2) is 11.6 Å². The van der Waals surface area contributed by atoms with Crippen molar-refractivity contribution >= 4 is 11.9 Å². The van der Waals surface area contributed by atoms with Gasteiger partial charge in [-0.25, -0.2) is 4.79 Å². The lowest BCUT2D eigenvalue weighted by Gasteiger charge is -2.34. The van der Waals surface area contributed by atoms with Crippen LogP contribution < -0.4 is 0 Å². The normalized spacial score (nSPS) is 31.3. The SMILES string of the molecule is CC(=O)O[C@@H]1C[C@@H](C)[C@@H](CC=C(C)C)[C@@H]1C(C)(O)C(=O)O. The molecular formula is C16H26O5.